The van der Waals surface area contributed by atoms with Gasteiger partial charge in [0.05, 0.1) is 10.9 Å². The lowest BCUT2D eigenvalue weighted by molar-refractivity contribution is 0.131. The fourth-order valence-corrected chi connectivity index (χ4v) is 3.39. The second kappa shape index (κ2) is 9.17. The molecule has 1 fully saturated rings. The van der Waals surface area contributed by atoms with Crippen molar-refractivity contribution in [3.05, 3.63) is 54.4 Å². The molecule has 0 bridgehead atoms. The maximum atomic E-state index is 11.8. The van der Waals surface area contributed by atoms with E-state index in [-0.39, 0.29) is 6.61 Å². The van der Waals surface area contributed by atoms with E-state index >= 15 is 0 Å². The van der Waals surface area contributed by atoms with Crippen LogP contribution in [0.5, 0.6) is 17.4 Å². The zero-order chi connectivity index (χ0) is 20.1. The first-order valence-electron chi connectivity index (χ1n) is 9.85. The van der Waals surface area contributed by atoms with Crippen molar-refractivity contribution >= 4 is 10.9 Å². The highest BCUT2D eigenvalue weighted by Crippen LogP contribution is 2.31. The minimum absolute atomic E-state index is 0.376. The van der Waals surface area contributed by atoms with Crippen molar-refractivity contribution in [3.8, 4) is 17.4 Å². The number of benzene rings is 2. The monoisotopic (exact) mass is 393 g/mol. The SMILES string of the molecule is CN1CCN(CCOc2cc3ncnc(Oc4ccccc4)c3cc2C[O])CC1. The standard InChI is InChI=1S/C22H25N4O3/c1-25-7-9-26(10-8-25)11-12-28-21-14-20-19(13-17(21)15-27)22(24-16-23-20)29-18-5-3-2-4-6-18/h2-6,13-14,16H,7-12,15H2,1H3. The smallest absolute Gasteiger partial charge is 0.230 e. The Kier molecular flexibility index (Phi) is 6.19. The van der Waals surface area contributed by atoms with Gasteiger partial charge in [-0.1, -0.05) is 18.2 Å². The molecule has 1 aliphatic heterocycles. The molecule has 0 spiro atoms. The normalized spacial score (nSPS) is 15.5. The Morgan fingerprint density at radius 3 is 2.59 bits per heavy atom. The molecule has 0 unspecified atom stereocenters. The first-order chi connectivity index (χ1) is 14.2. The molecule has 0 saturated carbocycles. The Morgan fingerprint density at radius 2 is 1.83 bits per heavy atom. The number of para-hydroxylation sites is 1. The average Bonchev–Trinajstić information content (AvgIpc) is 2.75. The Morgan fingerprint density at radius 1 is 1.03 bits per heavy atom. The van der Waals surface area contributed by atoms with Gasteiger partial charge in [0.25, 0.3) is 0 Å². The first kappa shape index (κ1) is 19.6. The summed E-state index contributed by atoms with van der Waals surface area (Å²) in [6.07, 6.45) is 1.46. The molecule has 1 saturated heterocycles. The molecule has 0 aliphatic carbocycles. The van der Waals surface area contributed by atoms with Crippen LogP contribution in [0.15, 0.2) is 48.8 Å². The maximum absolute atomic E-state index is 11.8. The van der Waals surface area contributed by atoms with Crippen LogP contribution in [0.1, 0.15) is 5.56 Å². The van der Waals surface area contributed by atoms with Gasteiger partial charge in [0, 0.05) is 44.4 Å². The number of hydrogen-bond donors (Lipinski definition) is 0. The zero-order valence-electron chi connectivity index (χ0n) is 16.6. The lowest BCUT2D eigenvalue weighted by Crippen LogP contribution is -2.45. The van der Waals surface area contributed by atoms with Crippen LogP contribution in [0.3, 0.4) is 0 Å². The Hall–Kier alpha value is -2.74. The van der Waals surface area contributed by atoms with Crippen LogP contribution < -0.4 is 9.47 Å². The molecule has 29 heavy (non-hydrogen) atoms. The Labute approximate surface area is 170 Å². The first-order valence-corrected chi connectivity index (χ1v) is 9.85. The van der Waals surface area contributed by atoms with E-state index in [1.165, 1.54) is 6.33 Å². The number of piperazine rings is 1. The summed E-state index contributed by atoms with van der Waals surface area (Å²) in [7, 11) is 2.14. The van der Waals surface area contributed by atoms with E-state index in [1.54, 1.807) is 6.07 Å². The topological polar surface area (TPSA) is 70.6 Å². The Bertz CT molecular complexity index is 943. The van der Waals surface area contributed by atoms with E-state index in [1.807, 2.05) is 36.4 Å². The van der Waals surface area contributed by atoms with Crippen LogP contribution in [0.25, 0.3) is 10.9 Å². The van der Waals surface area contributed by atoms with Crippen LogP contribution in [-0.2, 0) is 11.7 Å². The van der Waals surface area contributed by atoms with Gasteiger partial charge >= 0.3 is 0 Å². The van der Waals surface area contributed by atoms with Gasteiger partial charge < -0.3 is 14.4 Å². The summed E-state index contributed by atoms with van der Waals surface area (Å²) in [5.74, 6) is 1.70. The molecule has 7 nitrogen and oxygen atoms in total. The number of nitrogens with zero attached hydrogens (tertiary/aromatic N) is 4. The number of aromatic nitrogens is 2. The van der Waals surface area contributed by atoms with Gasteiger partial charge in [-0.25, -0.2) is 15.1 Å². The molecule has 2 aromatic carbocycles. The second-order valence-electron chi connectivity index (χ2n) is 7.21. The highest BCUT2D eigenvalue weighted by atomic mass is 16.5. The predicted octanol–water partition coefficient (Wildman–Crippen LogP) is 2.98. The molecule has 1 radical (unpaired) electrons. The number of likely N-dealkylation sites (N-methyl/N-ethyl adjacent to an activating group) is 1. The zero-order valence-corrected chi connectivity index (χ0v) is 16.6. The number of rotatable bonds is 7. The molecule has 0 N–H and O–H groups in total. The molecule has 151 valence electrons. The van der Waals surface area contributed by atoms with E-state index < -0.39 is 0 Å². The van der Waals surface area contributed by atoms with Crippen molar-refractivity contribution in [1.29, 1.82) is 0 Å². The fourth-order valence-electron chi connectivity index (χ4n) is 3.39. The maximum Gasteiger partial charge on any atom is 0.230 e. The minimum Gasteiger partial charge on any atom is -0.492 e. The molecule has 2 heterocycles. The molecule has 0 amide bonds. The third-order valence-corrected chi connectivity index (χ3v) is 5.16. The summed E-state index contributed by atoms with van der Waals surface area (Å²) < 4.78 is 11.9. The van der Waals surface area contributed by atoms with Gasteiger partial charge in [-0.15, -0.1) is 0 Å². The van der Waals surface area contributed by atoms with Crippen LogP contribution in [0.4, 0.5) is 0 Å². The molecule has 1 aromatic heterocycles. The number of hydrogen-bond acceptors (Lipinski definition) is 6. The number of ether oxygens (including phenoxy) is 2. The van der Waals surface area contributed by atoms with Crippen LogP contribution >= 0.6 is 0 Å². The van der Waals surface area contributed by atoms with Crippen molar-refractivity contribution in [2.24, 2.45) is 0 Å². The fraction of sp³-hybridized carbons (Fsp3) is 0.364. The van der Waals surface area contributed by atoms with Crippen LogP contribution in [-0.4, -0.2) is 66.1 Å². The Balaban J connectivity index is 1.50. The summed E-state index contributed by atoms with van der Waals surface area (Å²) in [5, 5.41) is 12.5. The lowest BCUT2D eigenvalue weighted by Gasteiger charge is -2.32. The summed E-state index contributed by atoms with van der Waals surface area (Å²) >= 11 is 0. The predicted molar refractivity (Wildman–Crippen MR) is 110 cm³/mol. The summed E-state index contributed by atoms with van der Waals surface area (Å²) in [6.45, 7) is 5.24. The van der Waals surface area contributed by atoms with Crippen LogP contribution in [0, 0.1) is 0 Å². The van der Waals surface area contributed by atoms with E-state index in [0.717, 1.165) is 32.7 Å². The molecular formula is C22H25N4O3. The highest BCUT2D eigenvalue weighted by molar-refractivity contribution is 5.85. The van der Waals surface area contributed by atoms with Crippen molar-refractivity contribution in [3.63, 3.8) is 0 Å². The molecule has 1 aliphatic rings. The average molecular weight is 393 g/mol. The van der Waals surface area contributed by atoms with Crippen molar-refractivity contribution in [1.82, 2.24) is 19.8 Å². The molecule has 7 heteroatoms. The third kappa shape index (κ3) is 4.82. The molecule has 0 atom stereocenters. The summed E-state index contributed by atoms with van der Waals surface area (Å²) in [5.41, 5.74) is 1.28. The van der Waals surface area contributed by atoms with E-state index in [0.29, 0.717) is 40.5 Å². The quantitative estimate of drug-likeness (QED) is 0.615. The third-order valence-electron chi connectivity index (χ3n) is 5.16. The van der Waals surface area contributed by atoms with Crippen molar-refractivity contribution in [2.75, 3.05) is 46.4 Å². The second-order valence-corrected chi connectivity index (χ2v) is 7.21. The number of fused-ring (bicyclic) bond motifs is 1. The van der Waals surface area contributed by atoms with E-state index in [9.17, 15) is 5.11 Å². The van der Waals surface area contributed by atoms with Crippen LogP contribution in [0.2, 0.25) is 0 Å². The van der Waals surface area contributed by atoms with Gasteiger partial charge in [0.15, 0.2) is 0 Å². The largest absolute Gasteiger partial charge is 0.492 e. The van der Waals surface area contributed by atoms with Gasteiger partial charge in [-0.3, -0.25) is 4.90 Å². The van der Waals surface area contributed by atoms with Gasteiger partial charge in [0.2, 0.25) is 5.88 Å². The van der Waals surface area contributed by atoms with Crippen molar-refractivity contribution in [2.45, 2.75) is 6.61 Å². The van der Waals surface area contributed by atoms with Gasteiger partial charge in [0.1, 0.15) is 31.0 Å². The highest BCUT2D eigenvalue weighted by Gasteiger charge is 2.15. The molecule has 4 rings (SSSR count). The van der Waals surface area contributed by atoms with Gasteiger partial charge in [-0.05, 0) is 25.2 Å². The summed E-state index contributed by atoms with van der Waals surface area (Å²) in [6, 6.07) is 13.0. The van der Waals surface area contributed by atoms with Gasteiger partial charge in [-0.2, -0.15) is 0 Å². The minimum atomic E-state index is -0.376. The molecular weight excluding hydrogens is 368 g/mol. The lowest BCUT2D eigenvalue weighted by atomic mass is 10.1. The summed E-state index contributed by atoms with van der Waals surface area (Å²) in [4.78, 5) is 13.3. The van der Waals surface area contributed by atoms with E-state index in [2.05, 4.69) is 26.8 Å². The van der Waals surface area contributed by atoms with Crippen molar-refractivity contribution < 1.29 is 14.6 Å². The van der Waals surface area contributed by atoms with E-state index in [4.69, 9.17) is 9.47 Å². The molecule has 3 aromatic rings.